The number of nitrogens with zero attached hydrogens (tertiary/aromatic N) is 3. The fourth-order valence-electron chi connectivity index (χ4n) is 2.35. The smallest absolute Gasteiger partial charge is 0.244 e. The number of nitrogens with two attached hydrogens (primary N) is 1. The predicted octanol–water partition coefficient (Wildman–Crippen LogP) is -2.70. The van der Waals surface area contributed by atoms with Gasteiger partial charge in [0.1, 0.15) is 5.70 Å². The van der Waals surface area contributed by atoms with Crippen molar-refractivity contribution >= 4 is 5.96 Å². The maximum Gasteiger partial charge on any atom is 0.244 e. The maximum atomic E-state index is 9.90. The first-order chi connectivity index (χ1) is 9.52. The molecule has 0 aromatic carbocycles. The standard InChI is InChI=1S/C10H16N6O4/c11-10-12-9(20)8-7-4(13-16(8)14-15(7)10)3-6(19)5(18)1-2-17/h5-6,13-14,17-20H,1-3H2,(H2,11,12)/t5-,6+/m1/s1. The predicted molar refractivity (Wildman–Crippen MR) is 66.6 cm³/mol. The number of hydrazine groups is 3. The van der Waals surface area contributed by atoms with Crippen LogP contribution in [0.1, 0.15) is 12.8 Å². The Balaban J connectivity index is 1.83. The first kappa shape index (κ1) is 13.0. The van der Waals surface area contributed by atoms with Gasteiger partial charge in [0, 0.05) is 13.0 Å². The number of guanidine groups is 1. The van der Waals surface area contributed by atoms with Crippen molar-refractivity contribution in [3.8, 4) is 0 Å². The van der Waals surface area contributed by atoms with Crippen molar-refractivity contribution in [1.29, 1.82) is 0 Å². The van der Waals surface area contributed by atoms with E-state index in [1.54, 1.807) is 0 Å². The van der Waals surface area contributed by atoms with Crippen LogP contribution in [0.5, 0.6) is 0 Å². The molecule has 10 nitrogen and oxygen atoms in total. The van der Waals surface area contributed by atoms with Crippen LogP contribution in [0.15, 0.2) is 28.0 Å². The highest BCUT2D eigenvalue weighted by Gasteiger charge is 2.46. The quantitative estimate of drug-likeness (QED) is 0.286. The molecule has 8 N–H and O–H groups in total. The van der Waals surface area contributed by atoms with E-state index in [9.17, 15) is 15.3 Å². The lowest BCUT2D eigenvalue weighted by atomic mass is 10.0. The second-order valence-electron chi connectivity index (χ2n) is 4.70. The van der Waals surface area contributed by atoms with E-state index in [4.69, 9.17) is 10.8 Å². The van der Waals surface area contributed by atoms with Crippen LogP contribution in [0.4, 0.5) is 0 Å². The minimum Gasteiger partial charge on any atom is -0.492 e. The van der Waals surface area contributed by atoms with Crippen LogP contribution in [-0.4, -0.2) is 55.3 Å². The van der Waals surface area contributed by atoms with Crippen molar-refractivity contribution in [2.24, 2.45) is 10.7 Å². The van der Waals surface area contributed by atoms with Crippen molar-refractivity contribution in [2.45, 2.75) is 25.0 Å². The summed E-state index contributed by atoms with van der Waals surface area (Å²) in [7, 11) is 0. The Bertz CT molecular complexity index is 530. The summed E-state index contributed by atoms with van der Waals surface area (Å²) in [5.74, 6) is -0.153. The summed E-state index contributed by atoms with van der Waals surface area (Å²) in [5, 5.41) is 41.0. The van der Waals surface area contributed by atoms with Gasteiger partial charge >= 0.3 is 0 Å². The molecule has 0 saturated carbocycles. The number of hydrogen-bond donors (Lipinski definition) is 7. The SMILES string of the molecule is NC1=NC(O)=C2C3=C(C[C@H](O)[C@H](O)CCO)NN2NN13. The van der Waals surface area contributed by atoms with Crippen LogP contribution in [0.3, 0.4) is 0 Å². The molecule has 0 aromatic rings. The summed E-state index contributed by atoms with van der Waals surface area (Å²) in [6, 6.07) is 0. The number of rotatable bonds is 5. The molecule has 3 aliphatic heterocycles. The van der Waals surface area contributed by atoms with Crippen LogP contribution < -0.4 is 16.7 Å². The third-order valence-electron chi connectivity index (χ3n) is 3.35. The molecule has 0 aliphatic carbocycles. The van der Waals surface area contributed by atoms with Gasteiger partial charge in [-0.25, -0.2) is 5.01 Å². The lowest BCUT2D eigenvalue weighted by Crippen LogP contribution is -2.53. The van der Waals surface area contributed by atoms with Gasteiger partial charge in [0.05, 0.1) is 17.9 Å². The monoisotopic (exact) mass is 284 g/mol. The zero-order chi connectivity index (χ0) is 14.4. The molecule has 3 aliphatic rings. The fourth-order valence-corrected chi connectivity index (χ4v) is 2.35. The van der Waals surface area contributed by atoms with E-state index in [2.05, 4.69) is 16.0 Å². The van der Waals surface area contributed by atoms with Crippen LogP contribution in [0, 0.1) is 0 Å². The number of nitrogens with one attached hydrogen (secondary N) is 2. The first-order valence-corrected chi connectivity index (χ1v) is 6.14. The highest BCUT2D eigenvalue weighted by atomic mass is 16.3. The molecule has 0 aromatic heterocycles. The average molecular weight is 284 g/mol. The summed E-state index contributed by atoms with van der Waals surface area (Å²) in [5.41, 5.74) is 13.0. The van der Waals surface area contributed by atoms with Gasteiger partial charge in [-0.05, 0) is 6.42 Å². The molecule has 10 heteroatoms. The van der Waals surface area contributed by atoms with Crippen molar-refractivity contribution in [2.75, 3.05) is 6.61 Å². The van der Waals surface area contributed by atoms with Gasteiger partial charge in [0.2, 0.25) is 11.8 Å². The summed E-state index contributed by atoms with van der Waals surface area (Å²) in [4.78, 5) is 3.76. The zero-order valence-corrected chi connectivity index (χ0v) is 10.5. The molecule has 110 valence electrons. The summed E-state index contributed by atoms with van der Waals surface area (Å²) in [6.45, 7) is -0.205. The van der Waals surface area contributed by atoms with E-state index in [0.29, 0.717) is 17.1 Å². The Labute approximate surface area is 114 Å². The average Bonchev–Trinajstić information content (AvgIpc) is 2.90. The van der Waals surface area contributed by atoms with E-state index in [0.717, 1.165) is 0 Å². The van der Waals surface area contributed by atoms with Gasteiger partial charge in [-0.1, -0.05) is 0 Å². The number of hydrogen-bond acceptors (Lipinski definition) is 10. The van der Waals surface area contributed by atoms with Crippen molar-refractivity contribution < 1.29 is 20.4 Å². The summed E-state index contributed by atoms with van der Waals surface area (Å²) < 4.78 is 0. The molecular formula is C10H16N6O4. The Kier molecular flexibility index (Phi) is 2.94. The Morgan fingerprint density at radius 1 is 1.25 bits per heavy atom. The molecule has 0 amide bonds. The molecule has 2 atom stereocenters. The van der Waals surface area contributed by atoms with Gasteiger partial charge in [-0.2, -0.15) is 10.1 Å². The highest BCUT2D eigenvalue weighted by Crippen LogP contribution is 2.37. The largest absolute Gasteiger partial charge is 0.492 e. The lowest BCUT2D eigenvalue weighted by Gasteiger charge is -2.28. The topological polar surface area (TPSA) is 150 Å². The van der Waals surface area contributed by atoms with Crippen molar-refractivity contribution in [3.05, 3.63) is 23.0 Å². The van der Waals surface area contributed by atoms with Gasteiger partial charge in [0.25, 0.3) is 0 Å². The zero-order valence-electron chi connectivity index (χ0n) is 10.5. The van der Waals surface area contributed by atoms with Gasteiger partial charge in [-0.15, -0.1) is 5.53 Å². The van der Waals surface area contributed by atoms with Crippen LogP contribution in [-0.2, 0) is 0 Å². The first-order valence-electron chi connectivity index (χ1n) is 6.14. The van der Waals surface area contributed by atoms with Gasteiger partial charge < -0.3 is 26.2 Å². The summed E-state index contributed by atoms with van der Waals surface area (Å²) in [6.07, 6.45) is -1.86. The Morgan fingerprint density at radius 3 is 2.70 bits per heavy atom. The second-order valence-corrected chi connectivity index (χ2v) is 4.70. The molecule has 0 unspecified atom stereocenters. The molecule has 3 rings (SSSR count). The minimum atomic E-state index is -1.04. The molecule has 3 heterocycles. The normalized spacial score (nSPS) is 23.2. The highest BCUT2D eigenvalue weighted by molar-refractivity contribution is 5.84. The maximum absolute atomic E-state index is 9.90. The van der Waals surface area contributed by atoms with Crippen LogP contribution in [0.2, 0.25) is 0 Å². The van der Waals surface area contributed by atoms with Crippen molar-refractivity contribution in [1.82, 2.24) is 21.1 Å². The van der Waals surface area contributed by atoms with Gasteiger partial charge in [0.15, 0.2) is 5.70 Å². The summed E-state index contributed by atoms with van der Waals surface area (Å²) >= 11 is 0. The molecule has 1 fully saturated rings. The third-order valence-corrected chi connectivity index (χ3v) is 3.35. The number of aliphatic hydroxyl groups excluding tert-OH is 4. The molecule has 0 radical (unpaired) electrons. The fraction of sp³-hybridized carbons (Fsp3) is 0.500. The second kappa shape index (κ2) is 4.52. The number of aliphatic imine (C=N–C) groups is 1. The lowest BCUT2D eigenvalue weighted by molar-refractivity contribution is 0.00231. The third kappa shape index (κ3) is 1.78. The van der Waals surface area contributed by atoms with Crippen LogP contribution in [0.25, 0.3) is 0 Å². The number of aliphatic hydroxyl groups is 4. The Morgan fingerprint density at radius 2 is 2.00 bits per heavy atom. The van der Waals surface area contributed by atoms with Gasteiger partial charge in [-0.3, -0.25) is 5.43 Å². The molecule has 0 spiro atoms. The van der Waals surface area contributed by atoms with E-state index in [1.165, 1.54) is 10.1 Å². The molecular weight excluding hydrogens is 268 g/mol. The molecule has 4 bridgehead atoms. The van der Waals surface area contributed by atoms with E-state index < -0.39 is 12.2 Å². The van der Waals surface area contributed by atoms with E-state index >= 15 is 0 Å². The van der Waals surface area contributed by atoms with Crippen LogP contribution >= 0.6 is 0 Å². The van der Waals surface area contributed by atoms with E-state index in [-0.39, 0.29) is 31.3 Å². The van der Waals surface area contributed by atoms with E-state index in [1.807, 2.05) is 0 Å². The Hall–Kier alpha value is -2.01. The molecule has 20 heavy (non-hydrogen) atoms. The van der Waals surface area contributed by atoms with Crippen molar-refractivity contribution in [3.63, 3.8) is 0 Å². The molecule has 1 saturated heterocycles. The minimum absolute atomic E-state index is 0.0770.